The highest BCUT2D eigenvalue weighted by Gasteiger charge is 2.16. The Balaban J connectivity index is 1.98. The first-order chi connectivity index (χ1) is 8.70. The molecule has 18 heavy (non-hydrogen) atoms. The van der Waals surface area contributed by atoms with Crippen molar-refractivity contribution in [2.75, 3.05) is 0 Å². The third-order valence-electron chi connectivity index (χ3n) is 2.54. The molecule has 0 bridgehead atoms. The van der Waals surface area contributed by atoms with Crippen LogP contribution in [0.15, 0.2) is 22.8 Å². The summed E-state index contributed by atoms with van der Waals surface area (Å²) in [4.78, 5) is 16.0. The second kappa shape index (κ2) is 5.48. The summed E-state index contributed by atoms with van der Waals surface area (Å²) >= 11 is 0. The summed E-state index contributed by atoms with van der Waals surface area (Å²) in [6.07, 6.45) is 3.32. The fourth-order valence-corrected chi connectivity index (χ4v) is 1.62. The standard InChI is InChI=1S/C12H16N4O2/c1-3-5-10-14-11(16-15-10)12(17)13-8(2)9-6-4-7-18-9/h4,6-8H,3,5H2,1-2H3,(H,13,17)(H,14,15,16). The first-order valence-corrected chi connectivity index (χ1v) is 5.96. The number of hydrogen-bond donors (Lipinski definition) is 2. The fourth-order valence-electron chi connectivity index (χ4n) is 1.62. The average molecular weight is 248 g/mol. The van der Waals surface area contributed by atoms with Gasteiger partial charge in [0.15, 0.2) is 0 Å². The van der Waals surface area contributed by atoms with Gasteiger partial charge < -0.3 is 9.73 Å². The molecule has 2 aromatic rings. The van der Waals surface area contributed by atoms with E-state index in [1.807, 2.05) is 19.9 Å². The van der Waals surface area contributed by atoms with Crippen LogP contribution < -0.4 is 5.32 Å². The van der Waals surface area contributed by atoms with Crippen molar-refractivity contribution in [3.8, 4) is 0 Å². The van der Waals surface area contributed by atoms with Crippen LogP contribution in [0.2, 0.25) is 0 Å². The van der Waals surface area contributed by atoms with Crippen molar-refractivity contribution < 1.29 is 9.21 Å². The quantitative estimate of drug-likeness (QED) is 0.845. The molecule has 0 fully saturated rings. The minimum atomic E-state index is -0.308. The van der Waals surface area contributed by atoms with E-state index in [2.05, 4.69) is 20.5 Å². The first kappa shape index (κ1) is 12.3. The molecule has 0 spiro atoms. The van der Waals surface area contributed by atoms with Crippen LogP contribution in [0.5, 0.6) is 0 Å². The molecule has 6 heteroatoms. The molecule has 1 atom stereocenters. The van der Waals surface area contributed by atoms with Crippen LogP contribution in [0.4, 0.5) is 0 Å². The Hall–Kier alpha value is -2.11. The molecule has 6 nitrogen and oxygen atoms in total. The van der Waals surface area contributed by atoms with E-state index in [-0.39, 0.29) is 17.8 Å². The molecular formula is C12H16N4O2. The molecule has 0 radical (unpaired) electrons. The summed E-state index contributed by atoms with van der Waals surface area (Å²) in [6.45, 7) is 3.89. The van der Waals surface area contributed by atoms with Gasteiger partial charge in [0.2, 0.25) is 5.82 Å². The lowest BCUT2D eigenvalue weighted by Crippen LogP contribution is -2.27. The highest BCUT2D eigenvalue weighted by Crippen LogP contribution is 2.12. The van der Waals surface area contributed by atoms with Crippen molar-refractivity contribution in [3.63, 3.8) is 0 Å². The normalized spacial score (nSPS) is 12.3. The number of carbonyl (C=O) groups is 1. The summed E-state index contributed by atoms with van der Waals surface area (Å²) in [6, 6.07) is 3.39. The Morgan fingerprint density at radius 2 is 2.44 bits per heavy atom. The van der Waals surface area contributed by atoms with E-state index in [4.69, 9.17) is 4.42 Å². The number of nitrogens with zero attached hydrogens (tertiary/aromatic N) is 2. The van der Waals surface area contributed by atoms with Crippen molar-refractivity contribution in [1.29, 1.82) is 0 Å². The first-order valence-electron chi connectivity index (χ1n) is 5.96. The lowest BCUT2D eigenvalue weighted by Gasteiger charge is -2.08. The molecule has 2 aromatic heterocycles. The third kappa shape index (κ3) is 2.77. The molecule has 0 aliphatic heterocycles. The lowest BCUT2D eigenvalue weighted by atomic mass is 10.2. The van der Waals surface area contributed by atoms with Gasteiger partial charge in [0.1, 0.15) is 11.6 Å². The van der Waals surface area contributed by atoms with E-state index in [1.165, 1.54) is 0 Å². The SMILES string of the molecule is CCCc1nc(C(=O)NC(C)c2ccco2)n[nH]1. The van der Waals surface area contributed by atoms with Crippen LogP contribution in [0, 0.1) is 0 Å². The van der Waals surface area contributed by atoms with E-state index in [0.717, 1.165) is 18.7 Å². The number of hydrogen-bond acceptors (Lipinski definition) is 4. The summed E-state index contributed by atoms with van der Waals surface area (Å²) in [7, 11) is 0. The van der Waals surface area contributed by atoms with E-state index in [0.29, 0.717) is 5.76 Å². The Labute approximate surface area is 105 Å². The van der Waals surface area contributed by atoms with Gasteiger partial charge in [-0.15, -0.1) is 5.10 Å². The van der Waals surface area contributed by atoms with E-state index >= 15 is 0 Å². The molecule has 0 saturated heterocycles. The van der Waals surface area contributed by atoms with Crippen LogP contribution >= 0.6 is 0 Å². The van der Waals surface area contributed by atoms with Gasteiger partial charge in [0.25, 0.3) is 5.91 Å². The van der Waals surface area contributed by atoms with Gasteiger partial charge >= 0.3 is 0 Å². The van der Waals surface area contributed by atoms with Gasteiger partial charge in [-0.25, -0.2) is 4.98 Å². The topological polar surface area (TPSA) is 83.8 Å². The number of nitrogens with one attached hydrogen (secondary N) is 2. The van der Waals surface area contributed by atoms with Crippen LogP contribution in [0.25, 0.3) is 0 Å². The number of aryl methyl sites for hydroxylation is 1. The van der Waals surface area contributed by atoms with Crippen LogP contribution in [-0.2, 0) is 6.42 Å². The molecule has 0 aliphatic rings. The van der Waals surface area contributed by atoms with Gasteiger partial charge in [-0.3, -0.25) is 9.89 Å². The minimum Gasteiger partial charge on any atom is -0.467 e. The summed E-state index contributed by atoms with van der Waals surface area (Å²) in [5, 5.41) is 9.42. The van der Waals surface area contributed by atoms with Gasteiger partial charge in [0, 0.05) is 6.42 Å². The van der Waals surface area contributed by atoms with Gasteiger partial charge in [-0.2, -0.15) is 0 Å². The predicted octanol–water partition coefficient (Wildman–Crippen LogP) is 1.84. The zero-order chi connectivity index (χ0) is 13.0. The van der Waals surface area contributed by atoms with Gasteiger partial charge in [0.05, 0.1) is 12.3 Å². The molecule has 2 heterocycles. The molecule has 1 amide bonds. The second-order valence-electron chi connectivity index (χ2n) is 4.07. The van der Waals surface area contributed by atoms with Crippen molar-refractivity contribution in [2.24, 2.45) is 0 Å². The van der Waals surface area contributed by atoms with Gasteiger partial charge in [-0.05, 0) is 25.5 Å². The summed E-state index contributed by atoms with van der Waals surface area (Å²) in [5.41, 5.74) is 0. The number of furan rings is 1. The zero-order valence-corrected chi connectivity index (χ0v) is 10.4. The van der Waals surface area contributed by atoms with E-state index in [9.17, 15) is 4.79 Å². The average Bonchev–Trinajstić information content (AvgIpc) is 3.00. The van der Waals surface area contributed by atoms with Crippen LogP contribution in [-0.4, -0.2) is 21.1 Å². The highest BCUT2D eigenvalue weighted by atomic mass is 16.3. The minimum absolute atomic E-state index is 0.164. The molecular weight excluding hydrogens is 232 g/mol. The third-order valence-corrected chi connectivity index (χ3v) is 2.54. The Bertz CT molecular complexity index is 504. The Morgan fingerprint density at radius 1 is 1.61 bits per heavy atom. The predicted molar refractivity (Wildman–Crippen MR) is 65.0 cm³/mol. The number of amides is 1. The van der Waals surface area contributed by atoms with Crippen molar-refractivity contribution in [1.82, 2.24) is 20.5 Å². The van der Waals surface area contributed by atoms with Crippen LogP contribution in [0.3, 0.4) is 0 Å². The lowest BCUT2D eigenvalue weighted by molar-refractivity contribution is 0.0925. The summed E-state index contributed by atoms with van der Waals surface area (Å²) in [5.74, 6) is 1.29. The number of rotatable bonds is 5. The molecule has 96 valence electrons. The van der Waals surface area contributed by atoms with Crippen LogP contribution in [0.1, 0.15) is 48.5 Å². The monoisotopic (exact) mass is 248 g/mol. The van der Waals surface area contributed by atoms with Crippen molar-refractivity contribution in [3.05, 3.63) is 35.8 Å². The van der Waals surface area contributed by atoms with E-state index in [1.54, 1.807) is 12.3 Å². The Morgan fingerprint density at radius 3 is 3.11 bits per heavy atom. The number of aromatic nitrogens is 3. The fraction of sp³-hybridized carbons (Fsp3) is 0.417. The molecule has 0 saturated carbocycles. The highest BCUT2D eigenvalue weighted by molar-refractivity contribution is 5.90. The molecule has 2 rings (SSSR count). The van der Waals surface area contributed by atoms with Crippen molar-refractivity contribution in [2.45, 2.75) is 32.7 Å². The summed E-state index contributed by atoms with van der Waals surface area (Å²) < 4.78 is 5.21. The molecule has 2 N–H and O–H groups in total. The number of carbonyl (C=O) groups excluding carboxylic acids is 1. The van der Waals surface area contributed by atoms with Crippen molar-refractivity contribution >= 4 is 5.91 Å². The van der Waals surface area contributed by atoms with E-state index < -0.39 is 0 Å². The maximum absolute atomic E-state index is 11.9. The van der Waals surface area contributed by atoms with Gasteiger partial charge in [-0.1, -0.05) is 6.92 Å². The maximum Gasteiger partial charge on any atom is 0.291 e. The molecule has 1 unspecified atom stereocenters. The molecule has 0 aliphatic carbocycles. The largest absolute Gasteiger partial charge is 0.467 e. The number of aromatic amines is 1. The number of H-pyrrole nitrogens is 1. The zero-order valence-electron chi connectivity index (χ0n) is 10.4. The smallest absolute Gasteiger partial charge is 0.291 e. The Kier molecular flexibility index (Phi) is 3.76. The second-order valence-corrected chi connectivity index (χ2v) is 4.07. The maximum atomic E-state index is 11.9. The molecule has 0 aromatic carbocycles.